The zero-order valence-corrected chi connectivity index (χ0v) is 15.1. The number of alkyl halides is 3. The molecule has 0 N–H and O–H groups in total. The van der Waals surface area contributed by atoms with Crippen LogP contribution in [-0.2, 0) is 0 Å². The van der Waals surface area contributed by atoms with Crippen LogP contribution in [0.4, 0.5) is 18.9 Å². The number of anilines is 1. The van der Waals surface area contributed by atoms with Crippen LogP contribution in [0.2, 0.25) is 0 Å². The van der Waals surface area contributed by atoms with Crippen molar-refractivity contribution < 1.29 is 17.9 Å². The quantitative estimate of drug-likeness (QED) is 0.550. The fourth-order valence-electron chi connectivity index (χ4n) is 3.00. The standard InChI is InChI=1S/C20H15F3N2OS/c1-13-8-9-25(15-3-5-16(6-4-15)26-20(21,22)23)11-17(13)14-2-7-19-18(10-14)24-12-27-19/h2-8,10-12H,9H2,1H3. The lowest BCUT2D eigenvalue weighted by atomic mass is 9.97. The molecule has 3 aromatic rings. The average molecular weight is 388 g/mol. The lowest BCUT2D eigenvalue weighted by Gasteiger charge is -2.26. The molecule has 0 aliphatic carbocycles. The van der Waals surface area contributed by atoms with Gasteiger partial charge in [-0.05, 0) is 54.5 Å². The van der Waals surface area contributed by atoms with Gasteiger partial charge in [0.25, 0.3) is 0 Å². The molecule has 0 saturated heterocycles. The number of halogens is 3. The number of aromatic nitrogens is 1. The maximum absolute atomic E-state index is 12.3. The molecular weight excluding hydrogens is 373 g/mol. The molecule has 0 fully saturated rings. The first-order valence-electron chi connectivity index (χ1n) is 8.24. The van der Waals surface area contributed by atoms with E-state index in [4.69, 9.17) is 0 Å². The fourth-order valence-corrected chi connectivity index (χ4v) is 3.66. The van der Waals surface area contributed by atoms with E-state index in [1.165, 1.54) is 12.1 Å². The van der Waals surface area contributed by atoms with Crippen molar-refractivity contribution in [1.29, 1.82) is 0 Å². The smallest absolute Gasteiger partial charge is 0.406 e. The van der Waals surface area contributed by atoms with Crippen molar-refractivity contribution in [1.82, 2.24) is 4.98 Å². The number of benzene rings is 2. The first-order chi connectivity index (χ1) is 12.9. The molecule has 2 heterocycles. The van der Waals surface area contributed by atoms with E-state index in [0.29, 0.717) is 6.54 Å². The van der Waals surface area contributed by atoms with E-state index >= 15 is 0 Å². The summed E-state index contributed by atoms with van der Waals surface area (Å²) in [6, 6.07) is 12.1. The number of nitrogens with zero attached hydrogens (tertiary/aromatic N) is 2. The first kappa shape index (κ1) is 17.6. The highest BCUT2D eigenvalue weighted by Crippen LogP contribution is 2.32. The van der Waals surface area contributed by atoms with E-state index in [1.54, 1.807) is 23.5 Å². The van der Waals surface area contributed by atoms with Crippen molar-refractivity contribution in [3.05, 3.63) is 71.4 Å². The summed E-state index contributed by atoms with van der Waals surface area (Å²) < 4.78 is 42.0. The zero-order valence-electron chi connectivity index (χ0n) is 14.3. The molecule has 0 amide bonds. The highest BCUT2D eigenvalue weighted by Gasteiger charge is 2.31. The van der Waals surface area contributed by atoms with Crippen molar-refractivity contribution in [2.75, 3.05) is 11.4 Å². The van der Waals surface area contributed by atoms with Crippen molar-refractivity contribution in [3.8, 4) is 5.75 Å². The Hall–Kier alpha value is -2.80. The van der Waals surface area contributed by atoms with Crippen LogP contribution in [0.25, 0.3) is 15.8 Å². The predicted octanol–water partition coefficient (Wildman–Crippen LogP) is 6.00. The zero-order chi connectivity index (χ0) is 19.0. The van der Waals surface area contributed by atoms with Crippen LogP contribution in [0.3, 0.4) is 0 Å². The van der Waals surface area contributed by atoms with Gasteiger partial charge in [0.15, 0.2) is 0 Å². The SMILES string of the molecule is CC1=CCN(c2ccc(OC(F)(F)F)cc2)C=C1c1ccc2scnc2c1. The van der Waals surface area contributed by atoms with Gasteiger partial charge in [-0.2, -0.15) is 0 Å². The second-order valence-corrected chi connectivity index (χ2v) is 7.05. The summed E-state index contributed by atoms with van der Waals surface area (Å²) in [5, 5.41) is 0. The van der Waals surface area contributed by atoms with Crippen LogP contribution in [0.1, 0.15) is 12.5 Å². The lowest BCUT2D eigenvalue weighted by Crippen LogP contribution is -2.20. The van der Waals surface area contributed by atoms with Gasteiger partial charge in [-0.25, -0.2) is 4.98 Å². The molecule has 27 heavy (non-hydrogen) atoms. The van der Waals surface area contributed by atoms with Crippen LogP contribution in [-0.4, -0.2) is 17.9 Å². The number of fused-ring (bicyclic) bond motifs is 1. The van der Waals surface area contributed by atoms with E-state index in [1.807, 2.05) is 16.6 Å². The van der Waals surface area contributed by atoms with Crippen molar-refractivity contribution in [3.63, 3.8) is 0 Å². The number of rotatable bonds is 3. The second kappa shape index (κ2) is 6.74. The summed E-state index contributed by atoms with van der Waals surface area (Å²) in [4.78, 5) is 6.36. The average Bonchev–Trinajstić information content (AvgIpc) is 3.09. The number of thiazole rings is 1. The Labute approximate surface area is 158 Å². The number of ether oxygens (including phenoxy) is 1. The maximum Gasteiger partial charge on any atom is 0.573 e. The van der Waals surface area contributed by atoms with E-state index in [0.717, 1.165) is 32.6 Å². The first-order valence-corrected chi connectivity index (χ1v) is 9.12. The van der Waals surface area contributed by atoms with Gasteiger partial charge >= 0.3 is 6.36 Å². The Morgan fingerprint density at radius 2 is 1.89 bits per heavy atom. The van der Waals surface area contributed by atoms with Crippen molar-refractivity contribution in [2.45, 2.75) is 13.3 Å². The lowest BCUT2D eigenvalue weighted by molar-refractivity contribution is -0.274. The Balaban J connectivity index is 1.62. The molecule has 0 radical (unpaired) electrons. The monoisotopic (exact) mass is 388 g/mol. The van der Waals surface area contributed by atoms with Crippen molar-refractivity contribution >= 4 is 32.8 Å². The molecule has 138 valence electrons. The molecule has 0 atom stereocenters. The third-order valence-corrected chi connectivity index (χ3v) is 5.16. The molecule has 3 nitrogen and oxygen atoms in total. The molecule has 0 saturated carbocycles. The van der Waals surface area contributed by atoms with Crippen LogP contribution in [0, 0.1) is 0 Å². The van der Waals surface area contributed by atoms with Crippen LogP contribution < -0.4 is 9.64 Å². The Morgan fingerprint density at radius 1 is 1.11 bits per heavy atom. The minimum absolute atomic E-state index is 0.229. The maximum atomic E-state index is 12.3. The van der Waals surface area contributed by atoms with E-state index in [9.17, 15) is 13.2 Å². The summed E-state index contributed by atoms with van der Waals surface area (Å²) in [6.45, 7) is 2.70. The third kappa shape index (κ3) is 3.83. The van der Waals surface area contributed by atoms with E-state index < -0.39 is 6.36 Å². The number of hydrogen-bond acceptors (Lipinski definition) is 4. The minimum atomic E-state index is -4.69. The molecule has 0 unspecified atom stereocenters. The van der Waals surface area contributed by atoms with Crippen LogP contribution in [0.15, 0.2) is 65.8 Å². The van der Waals surface area contributed by atoms with Gasteiger partial charge in [-0.15, -0.1) is 24.5 Å². The van der Waals surface area contributed by atoms with E-state index in [2.05, 4.69) is 40.9 Å². The summed E-state index contributed by atoms with van der Waals surface area (Å²) in [5.74, 6) is -0.229. The normalized spacial score (nSPS) is 14.9. The fraction of sp³-hybridized carbons (Fsp3) is 0.150. The van der Waals surface area contributed by atoms with Gasteiger partial charge < -0.3 is 9.64 Å². The molecule has 1 aliphatic rings. The summed E-state index contributed by atoms with van der Waals surface area (Å²) >= 11 is 1.60. The largest absolute Gasteiger partial charge is 0.573 e. The predicted molar refractivity (Wildman–Crippen MR) is 102 cm³/mol. The Kier molecular flexibility index (Phi) is 4.39. The minimum Gasteiger partial charge on any atom is -0.406 e. The molecule has 1 aromatic heterocycles. The summed E-state index contributed by atoms with van der Waals surface area (Å²) in [5.41, 5.74) is 6.84. The molecule has 0 spiro atoms. The molecule has 4 rings (SSSR count). The molecular formula is C20H15F3N2OS. The van der Waals surface area contributed by atoms with Crippen LogP contribution in [0.5, 0.6) is 5.75 Å². The van der Waals surface area contributed by atoms with Gasteiger partial charge in [0.05, 0.1) is 15.7 Å². The van der Waals surface area contributed by atoms with Crippen LogP contribution >= 0.6 is 11.3 Å². The van der Waals surface area contributed by atoms with Gasteiger partial charge in [0.1, 0.15) is 5.75 Å². The van der Waals surface area contributed by atoms with Gasteiger partial charge in [-0.3, -0.25) is 0 Å². The van der Waals surface area contributed by atoms with Gasteiger partial charge in [0, 0.05) is 24.0 Å². The van der Waals surface area contributed by atoms with E-state index in [-0.39, 0.29) is 5.75 Å². The summed E-state index contributed by atoms with van der Waals surface area (Å²) in [6.07, 6.45) is -0.572. The Bertz CT molecular complexity index is 1040. The Morgan fingerprint density at radius 3 is 2.63 bits per heavy atom. The van der Waals surface area contributed by atoms with Gasteiger partial charge in [0.2, 0.25) is 0 Å². The third-order valence-electron chi connectivity index (χ3n) is 4.35. The topological polar surface area (TPSA) is 25.4 Å². The molecule has 2 aromatic carbocycles. The highest BCUT2D eigenvalue weighted by atomic mass is 32.1. The van der Waals surface area contributed by atoms with Crippen molar-refractivity contribution in [2.24, 2.45) is 0 Å². The summed E-state index contributed by atoms with van der Waals surface area (Å²) in [7, 11) is 0. The van der Waals surface area contributed by atoms with Gasteiger partial charge in [-0.1, -0.05) is 12.1 Å². The number of allylic oxidation sites excluding steroid dienone is 2. The second-order valence-electron chi connectivity index (χ2n) is 6.16. The number of hydrogen-bond donors (Lipinski definition) is 0. The molecule has 7 heteroatoms. The highest BCUT2D eigenvalue weighted by molar-refractivity contribution is 7.16. The molecule has 1 aliphatic heterocycles. The molecule has 0 bridgehead atoms.